The summed E-state index contributed by atoms with van der Waals surface area (Å²) in [6.07, 6.45) is 0.966. The van der Waals surface area contributed by atoms with Crippen molar-refractivity contribution in [3.8, 4) is 0 Å². The zero-order chi connectivity index (χ0) is 16.1. The van der Waals surface area contributed by atoms with Gasteiger partial charge in [0.1, 0.15) is 0 Å². The van der Waals surface area contributed by atoms with Crippen LogP contribution >= 0.6 is 11.3 Å². The molecule has 2 amide bonds. The highest BCUT2D eigenvalue weighted by molar-refractivity contribution is 7.13. The highest BCUT2D eigenvalue weighted by Crippen LogP contribution is 2.17. The van der Waals surface area contributed by atoms with Gasteiger partial charge in [-0.15, -0.1) is 11.3 Å². The summed E-state index contributed by atoms with van der Waals surface area (Å²) in [5, 5.41) is 5.32. The topological polar surface area (TPSA) is 91.6 Å². The van der Waals surface area contributed by atoms with E-state index in [0.29, 0.717) is 37.6 Å². The van der Waals surface area contributed by atoms with Crippen LogP contribution in [0.4, 0.5) is 5.13 Å². The fourth-order valence-electron chi connectivity index (χ4n) is 2.38. The third-order valence-electron chi connectivity index (χ3n) is 3.65. The maximum absolute atomic E-state index is 12.1. The van der Waals surface area contributed by atoms with Crippen molar-refractivity contribution < 1.29 is 9.59 Å². The Bertz CT molecular complexity index is 531. The quantitative estimate of drug-likeness (QED) is 0.724. The van der Waals surface area contributed by atoms with Crippen LogP contribution < -0.4 is 11.1 Å². The molecule has 1 aliphatic heterocycles. The number of rotatable bonds is 7. The molecule has 0 unspecified atom stereocenters. The number of nitrogen functional groups attached to an aromatic ring is 1. The van der Waals surface area contributed by atoms with E-state index < -0.39 is 0 Å². The van der Waals surface area contributed by atoms with Crippen molar-refractivity contribution in [2.45, 2.75) is 12.8 Å². The second-order valence-electron chi connectivity index (χ2n) is 5.76. The molecule has 0 saturated carbocycles. The zero-order valence-electron chi connectivity index (χ0n) is 13.0. The van der Waals surface area contributed by atoms with E-state index in [0.717, 1.165) is 12.2 Å². The first kappa shape index (κ1) is 16.7. The maximum Gasteiger partial charge on any atom is 0.225 e. The van der Waals surface area contributed by atoms with Crippen LogP contribution in [0.25, 0.3) is 0 Å². The monoisotopic (exact) mass is 325 g/mol. The lowest BCUT2D eigenvalue weighted by atomic mass is 10.1. The third-order valence-corrected chi connectivity index (χ3v) is 4.38. The minimum Gasteiger partial charge on any atom is -0.375 e. The molecule has 3 N–H and O–H groups in total. The maximum atomic E-state index is 12.1. The number of nitrogens with one attached hydrogen (secondary N) is 1. The molecule has 0 spiro atoms. The molecule has 0 aromatic carbocycles. The molecule has 1 aromatic heterocycles. The van der Waals surface area contributed by atoms with Crippen molar-refractivity contribution in [2.24, 2.45) is 5.92 Å². The number of aromatic nitrogens is 1. The number of hydrogen-bond donors (Lipinski definition) is 2. The summed E-state index contributed by atoms with van der Waals surface area (Å²) >= 11 is 1.40. The van der Waals surface area contributed by atoms with Crippen LogP contribution in [0.5, 0.6) is 0 Å². The van der Waals surface area contributed by atoms with Gasteiger partial charge in [-0.1, -0.05) is 0 Å². The fraction of sp³-hybridized carbons (Fsp3) is 0.643. The van der Waals surface area contributed by atoms with Crippen LogP contribution in [-0.4, -0.2) is 66.9 Å². The van der Waals surface area contributed by atoms with Gasteiger partial charge in [-0.05, 0) is 14.1 Å². The number of thiazole rings is 1. The Morgan fingerprint density at radius 1 is 1.59 bits per heavy atom. The van der Waals surface area contributed by atoms with Gasteiger partial charge in [-0.25, -0.2) is 4.98 Å². The summed E-state index contributed by atoms with van der Waals surface area (Å²) in [4.78, 5) is 32.0. The van der Waals surface area contributed by atoms with Gasteiger partial charge in [0.15, 0.2) is 5.13 Å². The van der Waals surface area contributed by atoms with E-state index in [2.05, 4.69) is 10.3 Å². The summed E-state index contributed by atoms with van der Waals surface area (Å²) in [5.74, 6) is -0.228. The Labute approximate surface area is 134 Å². The van der Waals surface area contributed by atoms with Gasteiger partial charge < -0.3 is 20.9 Å². The van der Waals surface area contributed by atoms with E-state index in [1.807, 2.05) is 24.4 Å². The van der Waals surface area contributed by atoms with Crippen LogP contribution in [0, 0.1) is 5.92 Å². The van der Waals surface area contributed by atoms with E-state index in [1.54, 1.807) is 4.90 Å². The number of anilines is 1. The van der Waals surface area contributed by atoms with Crippen molar-refractivity contribution >= 4 is 28.3 Å². The molecule has 8 heteroatoms. The second kappa shape index (κ2) is 7.55. The Hall–Kier alpha value is -1.67. The van der Waals surface area contributed by atoms with Crippen molar-refractivity contribution in [1.82, 2.24) is 20.1 Å². The number of carbonyl (C=O) groups is 2. The summed E-state index contributed by atoms with van der Waals surface area (Å²) in [6, 6.07) is 0. The molecule has 2 rings (SSSR count). The average molecular weight is 325 g/mol. The molecule has 7 nitrogen and oxygen atoms in total. The van der Waals surface area contributed by atoms with Gasteiger partial charge in [0.25, 0.3) is 0 Å². The largest absolute Gasteiger partial charge is 0.375 e. The average Bonchev–Trinajstić information content (AvgIpc) is 3.03. The summed E-state index contributed by atoms with van der Waals surface area (Å²) in [6.45, 7) is 2.52. The number of carbonyl (C=O) groups excluding carboxylic acids is 2. The standard InChI is InChI=1S/C14H23N5O2S/c1-18(2)5-6-19-8-10(7-12(19)20)13(21)16-4-3-11-9-22-14(15)17-11/h9-10H,3-8H2,1-2H3,(H2,15,17)(H,16,21)/t10-/m1/s1. The van der Waals surface area contributed by atoms with Crippen LogP contribution in [-0.2, 0) is 16.0 Å². The van der Waals surface area contributed by atoms with Gasteiger partial charge in [-0.3, -0.25) is 9.59 Å². The normalized spacial score (nSPS) is 18.2. The number of amides is 2. The van der Waals surface area contributed by atoms with Crippen LogP contribution in [0.1, 0.15) is 12.1 Å². The first-order valence-electron chi connectivity index (χ1n) is 7.36. The van der Waals surface area contributed by atoms with Crippen LogP contribution in [0.2, 0.25) is 0 Å². The van der Waals surface area contributed by atoms with Gasteiger partial charge in [0, 0.05) is 44.4 Å². The Morgan fingerprint density at radius 2 is 2.36 bits per heavy atom. The Morgan fingerprint density at radius 3 is 3.00 bits per heavy atom. The van der Waals surface area contributed by atoms with E-state index in [9.17, 15) is 9.59 Å². The molecule has 1 saturated heterocycles. The molecule has 122 valence electrons. The van der Waals surface area contributed by atoms with E-state index >= 15 is 0 Å². The minimum atomic E-state index is -0.241. The van der Waals surface area contributed by atoms with Crippen molar-refractivity contribution in [3.05, 3.63) is 11.1 Å². The van der Waals surface area contributed by atoms with Gasteiger partial charge in [0.05, 0.1) is 11.6 Å². The lowest BCUT2D eigenvalue weighted by molar-refractivity contribution is -0.129. The highest BCUT2D eigenvalue weighted by atomic mass is 32.1. The molecule has 22 heavy (non-hydrogen) atoms. The van der Waals surface area contributed by atoms with Gasteiger partial charge in [-0.2, -0.15) is 0 Å². The number of likely N-dealkylation sites (N-methyl/N-ethyl adjacent to an activating group) is 1. The Balaban J connectivity index is 1.72. The first-order chi connectivity index (χ1) is 10.5. The molecule has 0 radical (unpaired) electrons. The van der Waals surface area contributed by atoms with E-state index in [1.165, 1.54) is 11.3 Å². The summed E-state index contributed by atoms with van der Waals surface area (Å²) in [7, 11) is 3.94. The molecular weight excluding hydrogens is 302 g/mol. The van der Waals surface area contributed by atoms with Gasteiger partial charge >= 0.3 is 0 Å². The molecule has 1 atom stereocenters. The lowest BCUT2D eigenvalue weighted by Crippen LogP contribution is -2.36. The number of nitrogens with two attached hydrogens (primary N) is 1. The summed E-state index contributed by atoms with van der Waals surface area (Å²) < 4.78 is 0. The predicted molar refractivity (Wildman–Crippen MR) is 86.5 cm³/mol. The molecule has 1 fully saturated rings. The highest BCUT2D eigenvalue weighted by Gasteiger charge is 2.33. The Kier molecular flexibility index (Phi) is 5.73. The number of hydrogen-bond acceptors (Lipinski definition) is 6. The second-order valence-corrected chi connectivity index (χ2v) is 6.65. The summed E-state index contributed by atoms with van der Waals surface area (Å²) in [5.41, 5.74) is 6.45. The third kappa shape index (κ3) is 4.67. The van der Waals surface area contributed by atoms with Crippen molar-refractivity contribution in [3.63, 3.8) is 0 Å². The fourth-order valence-corrected chi connectivity index (χ4v) is 2.98. The van der Waals surface area contributed by atoms with E-state index in [4.69, 9.17) is 5.73 Å². The zero-order valence-corrected chi connectivity index (χ0v) is 13.9. The number of likely N-dealkylation sites (tertiary alicyclic amines) is 1. The smallest absolute Gasteiger partial charge is 0.225 e. The lowest BCUT2D eigenvalue weighted by Gasteiger charge is -2.19. The molecule has 2 heterocycles. The molecule has 0 bridgehead atoms. The van der Waals surface area contributed by atoms with Gasteiger partial charge in [0.2, 0.25) is 11.8 Å². The molecule has 1 aliphatic rings. The van der Waals surface area contributed by atoms with E-state index in [-0.39, 0.29) is 17.7 Å². The van der Waals surface area contributed by atoms with Crippen LogP contribution in [0.3, 0.4) is 0 Å². The molecule has 1 aromatic rings. The number of nitrogens with zero attached hydrogens (tertiary/aromatic N) is 3. The minimum absolute atomic E-state index is 0.0519. The SMILES string of the molecule is CN(C)CCN1C[C@H](C(=O)NCCc2csc(N)n2)CC1=O. The van der Waals surface area contributed by atoms with Crippen molar-refractivity contribution in [2.75, 3.05) is 46.0 Å². The predicted octanol–water partition coefficient (Wildman–Crippen LogP) is -0.206. The molecule has 0 aliphatic carbocycles. The first-order valence-corrected chi connectivity index (χ1v) is 8.23. The van der Waals surface area contributed by atoms with Crippen LogP contribution in [0.15, 0.2) is 5.38 Å². The van der Waals surface area contributed by atoms with Crippen molar-refractivity contribution in [1.29, 1.82) is 0 Å². The molecular formula is C14H23N5O2S.